The molecule has 0 unspecified atom stereocenters. The molecule has 2 atom stereocenters. The van der Waals surface area contributed by atoms with Crippen molar-refractivity contribution in [2.24, 2.45) is 5.92 Å². The molecule has 140 valence electrons. The topological polar surface area (TPSA) is 93.7 Å². The van der Waals surface area contributed by atoms with Gasteiger partial charge in [0.1, 0.15) is 17.7 Å². The Bertz CT molecular complexity index is 429. The molecular formula is C17H32N2O5. The Hall–Kier alpha value is -1.79. The van der Waals surface area contributed by atoms with E-state index in [1.54, 1.807) is 20.8 Å². The highest BCUT2D eigenvalue weighted by atomic mass is 16.6. The zero-order valence-electron chi connectivity index (χ0n) is 15.9. The number of rotatable bonds is 8. The first-order valence-electron chi connectivity index (χ1n) is 8.37. The van der Waals surface area contributed by atoms with Gasteiger partial charge in [0.2, 0.25) is 5.91 Å². The van der Waals surface area contributed by atoms with Crippen LogP contribution in [0.1, 0.15) is 60.8 Å². The van der Waals surface area contributed by atoms with Crippen LogP contribution in [0.3, 0.4) is 0 Å². The molecule has 0 saturated carbocycles. The SMILES string of the molecule is CCC[C@H](NC(=O)OC(C)(C)C)C(=O)N[C@@H](CC(C)C)C(=O)OC. The second-order valence-electron chi connectivity index (χ2n) is 7.20. The lowest BCUT2D eigenvalue weighted by Gasteiger charge is -2.25. The van der Waals surface area contributed by atoms with E-state index in [0.29, 0.717) is 19.3 Å². The third-order valence-corrected chi connectivity index (χ3v) is 3.09. The molecule has 7 heteroatoms. The molecule has 0 rings (SSSR count). The Morgan fingerprint density at radius 1 is 1.04 bits per heavy atom. The summed E-state index contributed by atoms with van der Waals surface area (Å²) in [5.41, 5.74) is -0.649. The van der Waals surface area contributed by atoms with E-state index in [9.17, 15) is 14.4 Å². The predicted octanol–water partition coefficient (Wildman–Crippen LogP) is 2.38. The summed E-state index contributed by atoms with van der Waals surface area (Å²) in [5.74, 6) is -0.707. The average Bonchev–Trinajstić information content (AvgIpc) is 2.42. The molecular weight excluding hydrogens is 312 g/mol. The van der Waals surface area contributed by atoms with Gasteiger partial charge in [-0.2, -0.15) is 0 Å². The Kier molecular flexibility index (Phi) is 9.40. The summed E-state index contributed by atoms with van der Waals surface area (Å²) in [7, 11) is 1.28. The first kappa shape index (κ1) is 22.2. The summed E-state index contributed by atoms with van der Waals surface area (Å²) in [5, 5.41) is 5.23. The zero-order valence-corrected chi connectivity index (χ0v) is 15.9. The highest BCUT2D eigenvalue weighted by Gasteiger charge is 2.28. The summed E-state index contributed by atoms with van der Waals surface area (Å²) in [4.78, 5) is 36.2. The maximum Gasteiger partial charge on any atom is 0.408 e. The van der Waals surface area contributed by atoms with Crippen LogP contribution >= 0.6 is 0 Å². The second kappa shape index (κ2) is 10.2. The maximum atomic E-state index is 12.5. The number of esters is 1. The van der Waals surface area contributed by atoms with Crippen LogP contribution in [0.2, 0.25) is 0 Å². The van der Waals surface area contributed by atoms with Crippen LogP contribution in [-0.4, -0.2) is 42.8 Å². The van der Waals surface area contributed by atoms with E-state index in [2.05, 4.69) is 10.6 Å². The minimum atomic E-state index is -0.760. The van der Waals surface area contributed by atoms with E-state index in [1.807, 2.05) is 20.8 Å². The fraction of sp³-hybridized carbons (Fsp3) is 0.824. The number of amides is 2. The van der Waals surface area contributed by atoms with Gasteiger partial charge in [-0.15, -0.1) is 0 Å². The molecule has 0 aromatic rings. The second-order valence-corrected chi connectivity index (χ2v) is 7.20. The summed E-state index contributed by atoms with van der Waals surface area (Å²) in [6.07, 6.45) is 0.945. The van der Waals surface area contributed by atoms with Gasteiger partial charge in [0.15, 0.2) is 0 Å². The van der Waals surface area contributed by atoms with Crippen LogP contribution in [0.15, 0.2) is 0 Å². The van der Waals surface area contributed by atoms with Gasteiger partial charge in [0, 0.05) is 0 Å². The van der Waals surface area contributed by atoms with Crippen LogP contribution in [0.4, 0.5) is 4.79 Å². The number of ether oxygens (including phenoxy) is 2. The number of methoxy groups -OCH3 is 1. The first-order chi connectivity index (χ1) is 11.0. The molecule has 0 aliphatic carbocycles. The van der Waals surface area contributed by atoms with Crippen molar-refractivity contribution in [2.45, 2.75) is 78.5 Å². The van der Waals surface area contributed by atoms with E-state index in [0.717, 1.165) is 0 Å². The van der Waals surface area contributed by atoms with E-state index >= 15 is 0 Å². The van der Waals surface area contributed by atoms with Crippen molar-refractivity contribution in [3.8, 4) is 0 Å². The van der Waals surface area contributed by atoms with Gasteiger partial charge >= 0.3 is 12.1 Å². The molecule has 0 aliphatic heterocycles. The molecule has 2 N–H and O–H groups in total. The average molecular weight is 344 g/mol. The van der Waals surface area contributed by atoms with E-state index in [1.165, 1.54) is 7.11 Å². The molecule has 0 fully saturated rings. The van der Waals surface area contributed by atoms with Crippen molar-refractivity contribution in [2.75, 3.05) is 7.11 Å². The molecule has 0 aliphatic rings. The molecule has 0 spiro atoms. The lowest BCUT2D eigenvalue weighted by molar-refractivity contribution is -0.145. The molecule has 7 nitrogen and oxygen atoms in total. The molecule has 0 aromatic heterocycles. The predicted molar refractivity (Wildman–Crippen MR) is 91.5 cm³/mol. The number of carbonyl (C=O) groups excluding carboxylic acids is 3. The van der Waals surface area contributed by atoms with Crippen LogP contribution in [0, 0.1) is 5.92 Å². The van der Waals surface area contributed by atoms with E-state index < -0.39 is 35.7 Å². The van der Waals surface area contributed by atoms with Crippen LogP contribution in [0.5, 0.6) is 0 Å². The summed E-state index contributed by atoms with van der Waals surface area (Å²) < 4.78 is 9.92. The standard InChI is InChI=1S/C17H32N2O5/c1-8-9-12(19-16(22)24-17(4,5)6)14(20)18-13(10-11(2)3)15(21)23-7/h11-13H,8-10H2,1-7H3,(H,18,20)(H,19,22)/t12-,13-/m0/s1. The van der Waals surface area contributed by atoms with E-state index in [4.69, 9.17) is 9.47 Å². The summed E-state index contributed by atoms with van der Waals surface area (Å²) in [6.45, 7) is 11.0. The minimum Gasteiger partial charge on any atom is -0.467 e. The normalized spacial score (nSPS) is 13.8. The molecule has 0 radical (unpaired) electrons. The van der Waals surface area contributed by atoms with Gasteiger partial charge in [-0.1, -0.05) is 27.2 Å². The van der Waals surface area contributed by atoms with Gasteiger partial charge in [0.25, 0.3) is 0 Å². The van der Waals surface area contributed by atoms with Crippen molar-refractivity contribution in [3.63, 3.8) is 0 Å². The molecule has 0 bridgehead atoms. The van der Waals surface area contributed by atoms with Gasteiger partial charge in [-0.05, 0) is 39.5 Å². The first-order valence-corrected chi connectivity index (χ1v) is 8.37. The van der Waals surface area contributed by atoms with Crippen LogP contribution < -0.4 is 10.6 Å². The third-order valence-electron chi connectivity index (χ3n) is 3.09. The lowest BCUT2D eigenvalue weighted by atomic mass is 10.0. The smallest absolute Gasteiger partial charge is 0.408 e. The Balaban J connectivity index is 4.92. The van der Waals surface area contributed by atoms with Crippen molar-refractivity contribution >= 4 is 18.0 Å². The molecule has 0 aromatic carbocycles. The number of nitrogens with one attached hydrogen (secondary N) is 2. The minimum absolute atomic E-state index is 0.206. The molecule has 2 amide bonds. The number of alkyl carbamates (subject to hydrolysis) is 1. The Morgan fingerprint density at radius 3 is 2.04 bits per heavy atom. The lowest BCUT2D eigenvalue weighted by Crippen LogP contribution is -2.52. The quantitative estimate of drug-likeness (QED) is 0.659. The van der Waals surface area contributed by atoms with Crippen LogP contribution in [0.25, 0.3) is 0 Å². The van der Waals surface area contributed by atoms with Crippen molar-refractivity contribution in [1.29, 1.82) is 0 Å². The Morgan fingerprint density at radius 2 is 1.62 bits per heavy atom. The van der Waals surface area contributed by atoms with Gasteiger partial charge in [-0.25, -0.2) is 9.59 Å². The summed E-state index contributed by atoms with van der Waals surface area (Å²) in [6, 6.07) is -1.49. The third kappa shape index (κ3) is 9.37. The molecule has 0 heterocycles. The van der Waals surface area contributed by atoms with Gasteiger partial charge in [0.05, 0.1) is 7.11 Å². The molecule has 24 heavy (non-hydrogen) atoms. The van der Waals surface area contributed by atoms with Gasteiger partial charge < -0.3 is 20.1 Å². The van der Waals surface area contributed by atoms with Gasteiger partial charge in [-0.3, -0.25) is 4.79 Å². The maximum absolute atomic E-state index is 12.5. The number of hydrogen-bond acceptors (Lipinski definition) is 5. The monoisotopic (exact) mass is 344 g/mol. The van der Waals surface area contributed by atoms with E-state index in [-0.39, 0.29) is 5.92 Å². The van der Waals surface area contributed by atoms with Crippen molar-refractivity contribution in [1.82, 2.24) is 10.6 Å². The highest BCUT2D eigenvalue weighted by molar-refractivity contribution is 5.89. The summed E-state index contributed by atoms with van der Waals surface area (Å²) >= 11 is 0. The fourth-order valence-corrected chi connectivity index (χ4v) is 2.11. The molecule has 0 saturated heterocycles. The van der Waals surface area contributed by atoms with Crippen molar-refractivity contribution in [3.05, 3.63) is 0 Å². The Labute approximate surface area is 144 Å². The number of carbonyl (C=O) groups is 3. The number of hydrogen-bond donors (Lipinski definition) is 2. The van der Waals surface area contributed by atoms with Crippen LogP contribution in [-0.2, 0) is 19.1 Å². The van der Waals surface area contributed by atoms with Crippen molar-refractivity contribution < 1.29 is 23.9 Å². The fourth-order valence-electron chi connectivity index (χ4n) is 2.11. The highest BCUT2D eigenvalue weighted by Crippen LogP contribution is 2.09. The zero-order chi connectivity index (χ0) is 18.9. The largest absolute Gasteiger partial charge is 0.467 e.